The predicted molar refractivity (Wildman–Crippen MR) is 135 cm³/mol. The van der Waals surface area contributed by atoms with Crippen molar-refractivity contribution in [2.45, 2.75) is 103 Å². The van der Waals surface area contributed by atoms with Crippen LogP contribution in [0, 0.1) is 16.7 Å². The Kier molecular flexibility index (Phi) is 7.56. The fourth-order valence-corrected chi connectivity index (χ4v) is 7.57. The third kappa shape index (κ3) is 5.40. The highest BCUT2D eigenvalue weighted by Gasteiger charge is 2.51. The van der Waals surface area contributed by atoms with Crippen LogP contribution in [-0.2, 0) is 20.0 Å². The second-order valence-corrected chi connectivity index (χ2v) is 14.9. The standard InChI is InChI=1S/C28H44O4S/c1-20(2)33(31,32)19-27(18-29)14-16-28(17-15-27)13-7-8-24(25(28)30)21(3)22-9-11-23(12-10-22)26(4,5)6/h9-12,20-21,24,29H,7-8,13-19H2,1-6H3. The Morgan fingerprint density at radius 3 is 2.06 bits per heavy atom. The van der Waals surface area contributed by atoms with Gasteiger partial charge >= 0.3 is 0 Å². The smallest absolute Gasteiger partial charge is 0.153 e. The highest BCUT2D eigenvalue weighted by molar-refractivity contribution is 7.92. The first-order chi connectivity index (χ1) is 15.3. The molecule has 0 radical (unpaired) electrons. The van der Waals surface area contributed by atoms with E-state index in [1.807, 2.05) is 0 Å². The number of aliphatic hydroxyl groups is 1. The van der Waals surface area contributed by atoms with Gasteiger partial charge in [-0.1, -0.05) is 58.4 Å². The van der Waals surface area contributed by atoms with Crippen LogP contribution in [0.4, 0.5) is 0 Å². The number of carbonyl (C=O) groups excluding carboxylic acids is 1. The second-order valence-electron chi connectivity index (χ2n) is 12.3. The number of rotatable bonds is 6. The van der Waals surface area contributed by atoms with Gasteiger partial charge in [0.2, 0.25) is 0 Å². The van der Waals surface area contributed by atoms with Crippen LogP contribution in [0.15, 0.2) is 24.3 Å². The fraction of sp³-hybridized carbons (Fsp3) is 0.750. The molecule has 0 amide bonds. The molecule has 2 aliphatic rings. The van der Waals surface area contributed by atoms with E-state index in [4.69, 9.17) is 0 Å². The molecule has 1 aromatic carbocycles. The number of hydrogen-bond donors (Lipinski definition) is 1. The van der Waals surface area contributed by atoms with E-state index in [9.17, 15) is 18.3 Å². The SMILES string of the molecule is CC(c1ccc(C(C)(C)C)cc1)C1CCCC2(CCC(CO)(CS(=O)(=O)C(C)C)CC2)C1=O. The van der Waals surface area contributed by atoms with Crippen molar-refractivity contribution < 1.29 is 18.3 Å². The summed E-state index contributed by atoms with van der Waals surface area (Å²) >= 11 is 0. The van der Waals surface area contributed by atoms with Gasteiger partial charge in [-0.15, -0.1) is 0 Å². The van der Waals surface area contributed by atoms with Crippen molar-refractivity contribution >= 4 is 15.6 Å². The zero-order valence-corrected chi connectivity index (χ0v) is 22.3. The zero-order chi connectivity index (χ0) is 24.7. The molecule has 5 heteroatoms. The largest absolute Gasteiger partial charge is 0.396 e. The summed E-state index contributed by atoms with van der Waals surface area (Å²) in [6.07, 6.45) is 5.49. The summed E-state index contributed by atoms with van der Waals surface area (Å²) in [5, 5.41) is 9.72. The van der Waals surface area contributed by atoms with Gasteiger partial charge in [0, 0.05) is 23.4 Å². The molecule has 33 heavy (non-hydrogen) atoms. The van der Waals surface area contributed by atoms with E-state index in [0.29, 0.717) is 31.5 Å². The van der Waals surface area contributed by atoms with E-state index in [0.717, 1.165) is 19.3 Å². The third-order valence-electron chi connectivity index (χ3n) is 8.76. The van der Waals surface area contributed by atoms with Crippen LogP contribution in [-0.4, -0.2) is 36.9 Å². The van der Waals surface area contributed by atoms with Crippen LogP contribution in [0.3, 0.4) is 0 Å². The highest BCUT2D eigenvalue weighted by Crippen LogP contribution is 2.54. The lowest BCUT2D eigenvalue weighted by atomic mass is 9.55. The normalized spacial score (nSPS) is 30.1. The van der Waals surface area contributed by atoms with Gasteiger partial charge in [-0.3, -0.25) is 4.79 Å². The van der Waals surface area contributed by atoms with Gasteiger partial charge in [-0.2, -0.15) is 0 Å². The fourth-order valence-electron chi connectivity index (χ4n) is 6.00. The first-order valence-electron chi connectivity index (χ1n) is 12.7. The van der Waals surface area contributed by atoms with E-state index in [1.54, 1.807) is 13.8 Å². The van der Waals surface area contributed by atoms with E-state index in [1.165, 1.54) is 11.1 Å². The molecule has 1 aromatic rings. The summed E-state index contributed by atoms with van der Waals surface area (Å²) in [7, 11) is -3.24. The third-order valence-corrected chi connectivity index (χ3v) is 11.2. The number of benzene rings is 1. The molecule has 0 aliphatic heterocycles. The summed E-state index contributed by atoms with van der Waals surface area (Å²) < 4.78 is 25.2. The number of sulfone groups is 1. The van der Waals surface area contributed by atoms with Crippen LogP contribution in [0.2, 0.25) is 0 Å². The number of aliphatic hydroxyl groups excluding tert-OH is 1. The Hall–Kier alpha value is -1.20. The van der Waals surface area contributed by atoms with E-state index in [2.05, 4.69) is 52.0 Å². The van der Waals surface area contributed by atoms with Gasteiger partial charge in [0.25, 0.3) is 0 Å². The molecule has 2 fully saturated rings. The Labute approximate surface area is 201 Å². The molecule has 2 saturated carbocycles. The Bertz CT molecular complexity index is 929. The second kappa shape index (κ2) is 9.45. The Morgan fingerprint density at radius 1 is 1.00 bits per heavy atom. The molecule has 0 bridgehead atoms. The lowest BCUT2D eigenvalue weighted by Gasteiger charge is -2.49. The summed E-state index contributed by atoms with van der Waals surface area (Å²) in [6, 6.07) is 8.77. The number of hydrogen-bond acceptors (Lipinski definition) is 4. The maximum atomic E-state index is 13.9. The van der Waals surface area contributed by atoms with Crippen LogP contribution in [0.5, 0.6) is 0 Å². The summed E-state index contributed by atoms with van der Waals surface area (Å²) in [4.78, 5) is 13.9. The van der Waals surface area contributed by atoms with Gasteiger partial charge in [-0.05, 0) is 74.8 Å². The summed E-state index contributed by atoms with van der Waals surface area (Å²) in [5.74, 6) is 0.590. The monoisotopic (exact) mass is 476 g/mol. The molecule has 0 saturated heterocycles. The van der Waals surface area contributed by atoms with Crippen LogP contribution in [0.1, 0.15) is 104 Å². The molecule has 0 heterocycles. The van der Waals surface area contributed by atoms with Gasteiger partial charge in [0.15, 0.2) is 9.84 Å². The van der Waals surface area contributed by atoms with Gasteiger partial charge < -0.3 is 5.11 Å². The van der Waals surface area contributed by atoms with Crippen molar-refractivity contribution in [2.75, 3.05) is 12.4 Å². The molecule has 1 N–H and O–H groups in total. The van der Waals surface area contributed by atoms with Crippen LogP contribution in [0.25, 0.3) is 0 Å². The van der Waals surface area contributed by atoms with Gasteiger partial charge in [0.1, 0.15) is 5.78 Å². The molecule has 1 spiro atoms. The molecular weight excluding hydrogens is 432 g/mol. The molecule has 2 unspecified atom stereocenters. The van der Waals surface area contributed by atoms with Crippen LogP contribution >= 0.6 is 0 Å². The van der Waals surface area contributed by atoms with E-state index < -0.39 is 20.5 Å². The first kappa shape index (κ1) is 26.4. The first-order valence-corrected chi connectivity index (χ1v) is 14.4. The molecule has 3 rings (SSSR count). The minimum atomic E-state index is -3.24. The van der Waals surface area contributed by atoms with Gasteiger partial charge in [-0.25, -0.2) is 8.42 Å². The quantitative estimate of drug-likeness (QED) is 0.562. The van der Waals surface area contributed by atoms with Crippen molar-refractivity contribution in [1.82, 2.24) is 0 Å². The van der Waals surface area contributed by atoms with Crippen molar-refractivity contribution in [3.05, 3.63) is 35.4 Å². The Morgan fingerprint density at radius 2 is 1.58 bits per heavy atom. The topological polar surface area (TPSA) is 71.4 Å². The maximum Gasteiger partial charge on any atom is 0.153 e. The number of carbonyl (C=O) groups is 1. The molecule has 186 valence electrons. The zero-order valence-electron chi connectivity index (χ0n) is 21.5. The van der Waals surface area contributed by atoms with E-state index >= 15 is 0 Å². The average Bonchev–Trinajstić information content (AvgIpc) is 2.76. The van der Waals surface area contributed by atoms with E-state index in [-0.39, 0.29) is 35.0 Å². The number of ketones is 1. The minimum absolute atomic E-state index is 0.0141. The van der Waals surface area contributed by atoms with Crippen LogP contribution < -0.4 is 0 Å². The lowest BCUT2D eigenvalue weighted by Crippen LogP contribution is -2.48. The number of Topliss-reactive ketones (excluding diaryl/α,β-unsaturated/α-hetero) is 1. The average molecular weight is 477 g/mol. The maximum absolute atomic E-state index is 13.9. The van der Waals surface area contributed by atoms with Crippen molar-refractivity contribution in [2.24, 2.45) is 16.7 Å². The predicted octanol–water partition coefficient (Wildman–Crippen LogP) is 5.82. The molecule has 4 nitrogen and oxygen atoms in total. The molecule has 2 aliphatic carbocycles. The minimum Gasteiger partial charge on any atom is -0.396 e. The summed E-state index contributed by atoms with van der Waals surface area (Å²) in [6.45, 7) is 12.1. The lowest BCUT2D eigenvalue weighted by molar-refractivity contribution is -0.141. The molecule has 0 aromatic heterocycles. The van der Waals surface area contributed by atoms with Crippen molar-refractivity contribution in [3.63, 3.8) is 0 Å². The van der Waals surface area contributed by atoms with Crippen molar-refractivity contribution in [3.8, 4) is 0 Å². The molecular formula is C28H44O4S. The summed E-state index contributed by atoms with van der Waals surface area (Å²) in [5.41, 5.74) is 1.69. The highest BCUT2D eigenvalue weighted by atomic mass is 32.2. The van der Waals surface area contributed by atoms with Crippen molar-refractivity contribution in [1.29, 1.82) is 0 Å². The van der Waals surface area contributed by atoms with Gasteiger partial charge in [0.05, 0.1) is 11.0 Å². The molecule has 2 atom stereocenters. The Balaban J connectivity index is 1.75.